The zero-order valence-electron chi connectivity index (χ0n) is 18.9. The van der Waals surface area contributed by atoms with E-state index in [9.17, 15) is 13.2 Å². The van der Waals surface area contributed by atoms with Gasteiger partial charge in [-0.3, -0.25) is 9.52 Å². The van der Waals surface area contributed by atoms with Gasteiger partial charge in [0.1, 0.15) is 11.5 Å². The second-order valence-electron chi connectivity index (χ2n) is 7.28. The number of rotatable bonds is 10. The van der Waals surface area contributed by atoms with E-state index >= 15 is 0 Å². The minimum Gasteiger partial charge on any atom is -0.497 e. The topological polar surface area (TPSA) is 93.7 Å². The van der Waals surface area contributed by atoms with E-state index in [-0.39, 0.29) is 34.2 Å². The lowest BCUT2D eigenvalue weighted by Gasteiger charge is -2.16. The van der Waals surface area contributed by atoms with E-state index in [1.54, 1.807) is 36.0 Å². The Hall–Kier alpha value is -2.88. The molecule has 1 atom stereocenters. The molecule has 180 valence electrons. The van der Waals surface area contributed by atoms with Crippen molar-refractivity contribution in [3.05, 3.63) is 77.3 Å². The molecule has 0 fully saturated rings. The first kappa shape index (κ1) is 25.7. The molecule has 1 amide bonds. The average molecular weight is 521 g/mol. The number of hydrogen-bond donors (Lipinski definition) is 2. The van der Waals surface area contributed by atoms with Crippen LogP contribution in [0, 0.1) is 0 Å². The number of halogens is 1. The summed E-state index contributed by atoms with van der Waals surface area (Å²) in [5.74, 6) is 0.493. The second-order valence-corrected chi connectivity index (χ2v) is 10.2. The molecule has 0 spiro atoms. The third-order valence-corrected chi connectivity index (χ3v) is 7.33. The fourth-order valence-electron chi connectivity index (χ4n) is 3.04. The van der Waals surface area contributed by atoms with Crippen molar-refractivity contribution in [1.82, 2.24) is 5.32 Å². The highest BCUT2D eigenvalue weighted by atomic mass is 35.5. The normalized spacial score (nSPS) is 12.0. The summed E-state index contributed by atoms with van der Waals surface area (Å²) in [5, 5.41) is 2.94. The van der Waals surface area contributed by atoms with E-state index in [4.69, 9.17) is 21.1 Å². The van der Waals surface area contributed by atoms with E-state index in [1.807, 2.05) is 37.4 Å². The van der Waals surface area contributed by atoms with Crippen LogP contribution in [0.4, 0.5) is 5.69 Å². The molecule has 0 heterocycles. The Labute approximate surface area is 208 Å². The molecule has 0 aliphatic rings. The summed E-state index contributed by atoms with van der Waals surface area (Å²) < 4.78 is 38.4. The summed E-state index contributed by atoms with van der Waals surface area (Å²) in [7, 11) is -2.34. The van der Waals surface area contributed by atoms with E-state index in [2.05, 4.69) is 10.0 Å². The minimum atomic E-state index is -3.87. The summed E-state index contributed by atoms with van der Waals surface area (Å²) in [6.45, 7) is 1.62. The fourth-order valence-corrected chi connectivity index (χ4v) is 4.83. The maximum atomic E-state index is 12.7. The van der Waals surface area contributed by atoms with Crippen molar-refractivity contribution in [2.75, 3.05) is 24.7 Å². The molecule has 0 aliphatic carbocycles. The molecule has 0 saturated heterocycles. The molecule has 0 radical (unpaired) electrons. The Balaban J connectivity index is 1.59. The van der Waals surface area contributed by atoms with Gasteiger partial charge in [0, 0.05) is 10.6 Å². The van der Waals surface area contributed by atoms with Crippen LogP contribution in [0.1, 0.15) is 18.5 Å². The molecule has 0 bridgehead atoms. The molecular weight excluding hydrogens is 496 g/mol. The zero-order chi connectivity index (χ0) is 24.7. The Morgan fingerprint density at radius 3 is 2.32 bits per heavy atom. The second kappa shape index (κ2) is 11.5. The fraction of sp³-hybridized carbons (Fsp3) is 0.208. The minimum absolute atomic E-state index is 0.0348. The van der Waals surface area contributed by atoms with Crippen molar-refractivity contribution in [1.29, 1.82) is 0 Å². The quantitative estimate of drug-likeness (QED) is 0.360. The maximum Gasteiger partial charge on any atom is 0.261 e. The predicted octanol–water partition coefficient (Wildman–Crippen LogP) is 5.13. The van der Waals surface area contributed by atoms with Crippen LogP contribution in [0.25, 0.3) is 0 Å². The Kier molecular flexibility index (Phi) is 8.71. The number of thioether (sulfide) groups is 1. The molecule has 3 aromatic rings. The number of carbonyl (C=O) groups is 1. The number of amides is 1. The van der Waals surface area contributed by atoms with Crippen LogP contribution in [0.2, 0.25) is 5.02 Å². The van der Waals surface area contributed by atoms with Gasteiger partial charge in [0.05, 0.1) is 23.1 Å². The number of ether oxygens (including phenoxy) is 2. The van der Waals surface area contributed by atoms with Crippen LogP contribution in [-0.2, 0) is 14.8 Å². The predicted molar refractivity (Wildman–Crippen MR) is 136 cm³/mol. The number of methoxy groups -OCH3 is 1. The molecule has 0 saturated carbocycles. The summed E-state index contributed by atoms with van der Waals surface area (Å²) in [6, 6.07) is 18.3. The van der Waals surface area contributed by atoms with E-state index < -0.39 is 10.0 Å². The van der Waals surface area contributed by atoms with Crippen molar-refractivity contribution in [2.24, 2.45) is 0 Å². The van der Waals surface area contributed by atoms with Gasteiger partial charge in [-0.15, -0.1) is 11.8 Å². The molecular formula is C24H25ClN2O5S2. The van der Waals surface area contributed by atoms with Gasteiger partial charge in [-0.05, 0) is 73.3 Å². The Morgan fingerprint density at radius 2 is 1.74 bits per heavy atom. The number of hydrogen-bond acceptors (Lipinski definition) is 6. The van der Waals surface area contributed by atoms with E-state index in [0.717, 1.165) is 10.5 Å². The van der Waals surface area contributed by atoms with E-state index in [0.29, 0.717) is 11.4 Å². The molecule has 3 aromatic carbocycles. The molecule has 34 heavy (non-hydrogen) atoms. The molecule has 1 unspecified atom stereocenters. The number of benzene rings is 3. The number of sulfonamides is 1. The summed E-state index contributed by atoms with van der Waals surface area (Å²) in [5.41, 5.74) is 1.36. The molecule has 10 heteroatoms. The Morgan fingerprint density at radius 1 is 1.06 bits per heavy atom. The SMILES string of the molecule is COc1ccc(NS(=O)(=O)c2ccc(OCC(=O)NC(C)c3ccc(SC)cc3)c(Cl)c2)cc1. The van der Waals surface area contributed by atoms with Gasteiger partial charge < -0.3 is 14.8 Å². The third kappa shape index (κ3) is 6.82. The van der Waals surface area contributed by atoms with E-state index in [1.165, 1.54) is 25.3 Å². The van der Waals surface area contributed by atoms with Gasteiger partial charge in [-0.25, -0.2) is 8.42 Å². The van der Waals surface area contributed by atoms with Crippen molar-refractivity contribution >= 4 is 45.0 Å². The first-order valence-electron chi connectivity index (χ1n) is 10.2. The monoisotopic (exact) mass is 520 g/mol. The highest BCUT2D eigenvalue weighted by Gasteiger charge is 2.17. The van der Waals surface area contributed by atoms with Crippen LogP contribution >= 0.6 is 23.4 Å². The highest BCUT2D eigenvalue weighted by molar-refractivity contribution is 7.98. The first-order valence-corrected chi connectivity index (χ1v) is 13.3. The van der Waals surface area contributed by atoms with Crippen molar-refractivity contribution < 1.29 is 22.7 Å². The summed E-state index contributed by atoms with van der Waals surface area (Å²) in [4.78, 5) is 13.4. The maximum absolute atomic E-state index is 12.7. The largest absolute Gasteiger partial charge is 0.497 e. The average Bonchev–Trinajstić information content (AvgIpc) is 2.83. The third-order valence-electron chi connectivity index (χ3n) is 4.91. The van der Waals surface area contributed by atoms with Crippen LogP contribution < -0.4 is 19.5 Å². The zero-order valence-corrected chi connectivity index (χ0v) is 21.3. The summed E-state index contributed by atoms with van der Waals surface area (Å²) in [6.07, 6.45) is 2.00. The smallest absolute Gasteiger partial charge is 0.261 e. The number of anilines is 1. The van der Waals surface area contributed by atoms with Crippen LogP contribution in [-0.4, -0.2) is 34.3 Å². The Bertz CT molecular complexity index is 1230. The number of carbonyl (C=O) groups excluding carboxylic acids is 1. The van der Waals surface area contributed by atoms with Crippen LogP contribution in [0.3, 0.4) is 0 Å². The lowest BCUT2D eigenvalue weighted by molar-refractivity contribution is -0.123. The molecule has 2 N–H and O–H groups in total. The van der Waals surface area contributed by atoms with Gasteiger partial charge in [0.2, 0.25) is 0 Å². The van der Waals surface area contributed by atoms with Gasteiger partial charge >= 0.3 is 0 Å². The first-order chi connectivity index (χ1) is 16.2. The lowest BCUT2D eigenvalue weighted by Crippen LogP contribution is -2.31. The van der Waals surface area contributed by atoms with Crippen molar-refractivity contribution in [3.8, 4) is 11.5 Å². The van der Waals surface area contributed by atoms with Crippen molar-refractivity contribution in [3.63, 3.8) is 0 Å². The molecule has 7 nitrogen and oxygen atoms in total. The molecule has 0 aromatic heterocycles. The van der Waals surface area contributed by atoms with Gasteiger partial charge in [-0.2, -0.15) is 0 Å². The van der Waals surface area contributed by atoms with Crippen LogP contribution in [0.5, 0.6) is 11.5 Å². The lowest BCUT2D eigenvalue weighted by atomic mass is 10.1. The van der Waals surface area contributed by atoms with Gasteiger partial charge in [0.25, 0.3) is 15.9 Å². The number of nitrogens with one attached hydrogen (secondary N) is 2. The van der Waals surface area contributed by atoms with Gasteiger partial charge in [-0.1, -0.05) is 23.7 Å². The van der Waals surface area contributed by atoms with Gasteiger partial charge in [0.15, 0.2) is 6.61 Å². The molecule has 0 aliphatic heterocycles. The van der Waals surface area contributed by atoms with Crippen molar-refractivity contribution in [2.45, 2.75) is 22.8 Å². The highest BCUT2D eigenvalue weighted by Crippen LogP contribution is 2.29. The molecule has 3 rings (SSSR count). The standard InChI is InChI=1S/C24H25ClN2O5S2/c1-16(17-4-10-20(33-3)11-5-17)26-24(28)15-32-23-13-12-21(14-22(23)25)34(29,30)27-18-6-8-19(31-2)9-7-18/h4-14,16,27H,15H2,1-3H3,(H,26,28). The summed E-state index contributed by atoms with van der Waals surface area (Å²) >= 11 is 7.87. The van der Waals surface area contributed by atoms with Crippen LogP contribution in [0.15, 0.2) is 76.5 Å².